The van der Waals surface area contributed by atoms with E-state index in [-0.39, 0.29) is 31.0 Å². The maximum absolute atomic E-state index is 15.9. The Morgan fingerprint density at radius 2 is 1.28 bits per heavy atom. The number of anilines is 1. The number of fused-ring (bicyclic) bond motifs is 1. The van der Waals surface area contributed by atoms with Crippen LogP contribution in [0.2, 0.25) is 0 Å². The molecule has 0 atom stereocenters. The van der Waals surface area contributed by atoms with Gasteiger partial charge in [-0.15, -0.1) is 10.2 Å². The number of aromatic nitrogens is 5. The summed E-state index contributed by atoms with van der Waals surface area (Å²) in [5.74, 6) is 1.12. The normalized spacial score (nSPS) is 12.2. The van der Waals surface area contributed by atoms with Crippen molar-refractivity contribution >= 4 is 46.5 Å². The minimum Gasteiger partial charge on any atom is -0.497 e. The Morgan fingerprint density at radius 1 is 0.733 bits per heavy atom. The highest BCUT2D eigenvalue weighted by Gasteiger charge is 2.39. The molecule has 18 heteroatoms. The summed E-state index contributed by atoms with van der Waals surface area (Å²) in [5.41, 5.74) is 14.5. The maximum Gasteiger partial charge on any atom is 0.245 e. The molecule has 0 aliphatic heterocycles. The van der Waals surface area contributed by atoms with Crippen LogP contribution >= 0.6 is 11.3 Å². The third-order valence-corrected chi connectivity index (χ3v) is 14.5. The van der Waals surface area contributed by atoms with Crippen LogP contribution in [0.5, 0.6) is 17.2 Å². The van der Waals surface area contributed by atoms with Gasteiger partial charge in [0.15, 0.2) is 15.0 Å². The zero-order valence-electron chi connectivity index (χ0n) is 33.6. The molecule has 0 saturated carbocycles. The van der Waals surface area contributed by atoms with E-state index in [1.807, 2.05) is 18.2 Å². The van der Waals surface area contributed by atoms with Gasteiger partial charge in [-0.2, -0.15) is 9.10 Å². The number of nitrogens with two attached hydrogens (primary N) is 2. The van der Waals surface area contributed by atoms with Gasteiger partial charge >= 0.3 is 0 Å². The van der Waals surface area contributed by atoms with Crippen molar-refractivity contribution in [3.05, 3.63) is 120 Å². The smallest absolute Gasteiger partial charge is 0.245 e. The van der Waals surface area contributed by atoms with Crippen LogP contribution in [-0.4, -0.2) is 79.0 Å². The molecule has 0 fully saturated rings. The molecule has 0 saturated heterocycles. The summed E-state index contributed by atoms with van der Waals surface area (Å²) in [6, 6.07) is 29.5. The molecule has 0 radical (unpaired) electrons. The quantitative estimate of drug-likeness (QED) is 0.111. The van der Waals surface area contributed by atoms with Crippen LogP contribution in [0.1, 0.15) is 30.5 Å². The van der Waals surface area contributed by atoms with E-state index in [9.17, 15) is 8.42 Å². The lowest BCUT2D eigenvalue weighted by molar-refractivity contribution is 0.396. The van der Waals surface area contributed by atoms with E-state index >= 15 is 8.42 Å². The first kappa shape index (κ1) is 42.2. The monoisotopic (exact) mass is 868 g/mol. The molecular weight excluding hydrogens is 825 g/mol. The van der Waals surface area contributed by atoms with Crippen molar-refractivity contribution in [3.63, 3.8) is 0 Å². The van der Waals surface area contributed by atoms with Gasteiger partial charge in [0.25, 0.3) is 0 Å². The molecular formula is C42H44N8O7S3. The minimum absolute atomic E-state index is 0.0829. The summed E-state index contributed by atoms with van der Waals surface area (Å²) < 4.78 is 79.1. The number of rotatable bonds is 16. The zero-order chi connectivity index (χ0) is 42.8. The van der Waals surface area contributed by atoms with Gasteiger partial charge in [-0.05, 0) is 89.8 Å². The molecule has 5 aromatic carbocycles. The molecule has 0 amide bonds. The van der Waals surface area contributed by atoms with Crippen LogP contribution in [0.3, 0.4) is 0 Å². The standard InChI is InChI=1S/C42H44N8O7S3/c1-42(2,44)26-59(51,52)36-22-21-33(34-7-6-8-35-38(34)45-41(43)58-35)37(40-46-48-50(47-40)25-29-13-19-32(57-5)20-14-29)39(36)60(53,54)49(23-27-9-15-30(55-3)16-10-27)24-28-11-17-31(56-4)18-12-28/h6-22H,23-26,44H2,1-5H3,(H2,43,45). The number of hydrogen-bond acceptors (Lipinski definition) is 14. The van der Waals surface area contributed by atoms with E-state index in [1.54, 1.807) is 99.8 Å². The molecule has 2 heterocycles. The van der Waals surface area contributed by atoms with E-state index < -0.39 is 40.9 Å². The highest BCUT2D eigenvalue weighted by molar-refractivity contribution is 7.93. The van der Waals surface area contributed by atoms with E-state index in [1.165, 1.54) is 40.7 Å². The molecule has 7 aromatic rings. The minimum atomic E-state index is -4.84. The van der Waals surface area contributed by atoms with Crippen LogP contribution in [0.15, 0.2) is 113 Å². The predicted molar refractivity (Wildman–Crippen MR) is 231 cm³/mol. The van der Waals surface area contributed by atoms with Gasteiger partial charge in [-0.25, -0.2) is 21.8 Å². The van der Waals surface area contributed by atoms with Crippen molar-refractivity contribution in [2.24, 2.45) is 5.73 Å². The highest BCUT2D eigenvalue weighted by atomic mass is 32.2. The van der Waals surface area contributed by atoms with Gasteiger partial charge in [0.05, 0.1) is 54.3 Å². The summed E-state index contributed by atoms with van der Waals surface area (Å²) >= 11 is 1.26. The number of tetrazole rings is 1. The maximum atomic E-state index is 15.9. The van der Waals surface area contributed by atoms with Gasteiger partial charge in [0.2, 0.25) is 15.8 Å². The first-order valence-corrected chi connectivity index (χ1v) is 22.5. The highest BCUT2D eigenvalue weighted by Crippen LogP contribution is 2.44. The Bertz CT molecular complexity index is 2810. The second kappa shape index (κ2) is 17.0. The van der Waals surface area contributed by atoms with Crippen molar-refractivity contribution in [1.29, 1.82) is 0 Å². The van der Waals surface area contributed by atoms with Gasteiger partial charge in [-0.1, -0.05) is 65.9 Å². The van der Waals surface area contributed by atoms with Crippen molar-refractivity contribution in [2.45, 2.75) is 48.8 Å². The van der Waals surface area contributed by atoms with Crippen LogP contribution in [-0.2, 0) is 39.5 Å². The Morgan fingerprint density at radius 3 is 1.82 bits per heavy atom. The average molecular weight is 869 g/mol. The van der Waals surface area contributed by atoms with Crippen molar-refractivity contribution in [3.8, 4) is 39.8 Å². The molecule has 60 heavy (non-hydrogen) atoms. The van der Waals surface area contributed by atoms with E-state index in [0.29, 0.717) is 50.2 Å². The summed E-state index contributed by atoms with van der Waals surface area (Å²) in [6.07, 6.45) is 0. The second-order valence-electron chi connectivity index (χ2n) is 14.7. The number of thiazole rings is 1. The number of nitrogens with zero attached hydrogens (tertiary/aromatic N) is 6. The fraction of sp³-hybridized carbons (Fsp3) is 0.238. The van der Waals surface area contributed by atoms with Crippen molar-refractivity contribution in [1.82, 2.24) is 29.5 Å². The number of sulfone groups is 1. The number of benzene rings is 5. The molecule has 0 bridgehead atoms. The predicted octanol–water partition coefficient (Wildman–Crippen LogP) is 6.18. The fourth-order valence-electron chi connectivity index (χ4n) is 6.79. The molecule has 0 unspecified atom stereocenters. The number of methoxy groups -OCH3 is 3. The SMILES string of the molecule is COc1ccc(CN(Cc2ccc(OC)cc2)S(=O)(=O)c2c(S(=O)(=O)CC(C)(C)N)ccc(-c3cccc4sc(N)nc34)c2-c2nnn(Cc3ccc(OC)cc3)n2)cc1. The Labute approximate surface area is 352 Å². The van der Waals surface area contributed by atoms with Crippen LogP contribution < -0.4 is 25.7 Å². The number of para-hydroxylation sites is 1. The lowest BCUT2D eigenvalue weighted by Gasteiger charge is -2.27. The summed E-state index contributed by atoms with van der Waals surface area (Å²) in [6.45, 7) is 2.98. The van der Waals surface area contributed by atoms with Crippen LogP contribution in [0, 0.1) is 0 Å². The van der Waals surface area contributed by atoms with E-state index in [4.69, 9.17) is 30.8 Å². The zero-order valence-corrected chi connectivity index (χ0v) is 36.0. The molecule has 7 rings (SSSR count). The molecule has 0 aliphatic carbocycles. The number of hydrogen-bond donors (Lipinski definition) is 2. The average Bonchev–Trinajstić information content (AvgIpc) is 3.85. The summed E-state index contributed by atoms with van der Waals surface area (Å²) in [4.78, 5) is 4.91. The Balaban J connectivity index is 1.52. The third-order valence-electron chi connectivity index (χ3n) is 9.54. The third kappa shape index (κ3) is 9.12. The second-order valence-corrected chi connectivity index (χ2v) is 19.6. The number of sulfonamides is 1. The molecule has 0 spiro atoms. The summed E-state index contributed by atoms with van der Waals surface area (Å²) in [5, 5.41) is 13.8. The van der Waals surface area contributed by atoms with Gasteiger partial charge < -0.3 is 25.7 Å². The number of nitrogen functional groups attached to an aromatic ring is 1. The molecule has 2 aromatic heterocycles. The molecule has 4 N–H and O–H groups in total. The first-order chi connectivity index (χ1) is 28.6. The lowest BCUT2D eigenvalue weighted by atomic mass is 9.98. The largest absolute Gasteiger partial charge is 0.497 e. The molecule has 15 nitrogen and oxygen atoms in total. The van der Waals surface area contributed by atoms with Gasteiger partial charge in [-0.3, -0.25) is 0 Å². The Kier molecular flexibility index (Phi) is 11.9. The van der Waals surface area contributed by atoms with Crippen LogP contribution in [0.4, 0.5) is 5.13 Å². The lowest BCUT2D eigenvalue weighted by Crippen LogP contribution is -2.40. The molecule has 0 aliphatic rings. The van der Waals surface area contributed by atoms with E-state index in [0.717, 1.165) is 10.3 Å². The van der Waals surface area contributed by atoms with Gasteiger partial charge in [0, 0.05) is 24.2 Å². The topological polar surface area (TPSA) is 208 Å². The first-order valence-electron chi connectivity index (χ1n) is 18.6. The summed E-state index contributed by atoms with van der Waals surface area (Å²) in [7, 11) is -4.63. The molecule has 312 valence electrons. The Hall–Kier alpha value is -5.92. The van der Waals surface area contributed by atoms with Gasteiger partial charge in [0.1, 0.15) is 22.1 Å². The fourth-order valence-corrected chi connectivity index (χ4v) is 11.7. The number of ether oxygens (including phenoxy) is 3. The van der Waals surface area contributed by atoms with Crippen LogP contribution in [0.25, 0.3) is 32.7 Å². The van der Waals surface area contributed by atoms with E-state index in [2.05, 4.69) is 15.3 Å². The van der Waals surface area contributed by atoms with Crippen molar-refractivity contribution < 1.29 is 31.0 Å². The van der Waals surface area contributed by atoms with Crippen molar-refractivity contribution in [2.75, 3.05) is 32.8 Å².